The predicted octanol–water partition coefficient (Wildman–Crippen LogP) is -0.103. The number of hydrogen-bond donors (Lipinski definition) is 3. The van der Waals surface area contributed by atoms with Crippen LogP contribution in [0.1, 0.15) is 28.9 Å². The first-order chi connectivity index (χ1) is 7.65. The van der Waals surface area contributed by atoms with Crippen LogP contribution in [0.25, 0.3) is 0 Å². The third-order valence-corrected chi connectivity index (χ3v) is 2.78. The van der Waals surface area contributed by atoms with Crippen molar-refractivity contribution in [2.75, 3.05) is 18.9 Å². The molecule has 0 bridgehead atoms. The topological polar surface area (TPSA) is 95.2 Å². The number of aromatic nitrogens is 2. The lowest BCUT2D eigenvalue weighted by Crippen LogP contribution is -2.36. The van der Waals surface area contributed by atoms with E-state index in [4.69, 9.17) is 10.8 Å². The molecule has 2 rings (SSSR count). The van der Waals surface area contributed by atoms with Gasteiger partial charge in [0.1, 0.15) is 5.56 Å². The Hall–Kier alpha value is -1.56. The number of aliphatic hydroxyl groups is 1. The van der Waals surface area contributed by atoms with Crippen molar-refractivity contribution in [3.05, 3.63) is 11.3 Å². The van der Waals surface area contributed by atoms with Gasteiger partial charge in [0.2, 0.25) is 0 Å². The van der Waals surface area contributed by atoms with Crippen LogP contribution in [-0.2, 0) is 0 Å². The van der Waals surface area contributed by atoms with Gasteiger partial charge >= 0.3 is 0 Å². The van der Waals surface area contributed by atoms with Crippen LogP contribution in [0.3, 0.4) is 0 Å². The average Bonchev–Trinajstić information content (AvgIpc) is 3.02. The minimum absolute atomic E-state index is 0.0287. The minimum atomic E-state index is -0.139. The fourth-order valence-corrected chi connectivity index (χ4v) is 1.81. The number of amides is 1. The highest BCUT2D eigenvalue weighted by molar-refractivity contribution is 5.99. The van der Waals surface area contributed by atoms with Crippen LogP contribution in [0, 0.1) is 6.92 Å². The molecule has 1 amide bonds. The number of hydrogen-bond acceptors (Lipinski definition) is 4. The number of rotatable bonds is 4. The van der Waals surface area contributed by atoms with Crippen molar-refractivity contribution < 1.29 is 9.90 Å². The molecule has 1 aromatic heterocycles. The summed E-state index contributed by atoms with van der Waals surface area (Å²) in [4.78, 5) is 13.9. The molecule has 6 heteroatoms. The molecule has 0 atom stereocenters. The fraction of sp³-hybridized carbons (Fsp3) is 0.600. The molecule has 1 heterocycles. The molecular weight excluding hydrogens is 208 g/mol. The monoisotopic (exact) mass is 224 g/mol. The maximum atomic E-state index is 12.2. The summed E-state index contributed by atoms with van der Waals surface area (Å²) in [7, 11) is 0. The SMILES string of the molecule is Cc1[nH]nc(N)c1C(=O)N(CCO)C1CC1. The van der Waals surface area contributed by atoms with E-state index >= 15 is 0 Å². The molecule has 4 N–H and O–H groups in total. The number of nitrogens with one attached hydrogen (secondary N) is 1. The molecule has 0 spiro atoms. The number of nitrogens with two attached hydrogens (primary N) is 1. The summed E-state index contributed by atoms with van der Waals surface area (Å²) in [6.45, 7) is 2.09. The first-order valence-corrected chi connectivity index (χ1v) is 5.37. The largest absolute Gasteiger partial charge is 0.395 e. The second kappa shape index (κ2) is 4.13. The number of aryl methyl sites for hydroxylation is 1. The van der Waals surface area contributed by atoms with Gasteiger partial charge in [0, 0.05) is 18.3 Å². The van der Waals surface area contributed by atoms with E-state index < -0.39 is 0 Å². The zero-order valence-electron chi connectivity index (χ0n) is 9.23. The number of aliphatic hydroxyl groups excluding tert-OH is 1. The van der Waals surface area contributed by atoms with Gasteiger partial charge in [-0.05, 0) is 19.8 Å². The Morgan fingerprint density at radius 2 is 2.38 bits per heavy atom. The number of H-pyrrole nitrogens is 1. The van der Waals surface area contributed by atoms with Gasteiger partial charge in [-0.1, -0.05) is 0 Å². The lowest BCUT2D eigenvalue weighted by molar-refractivity contribution is 0.0708. The standard InChI is InChI=1S/C10H16N4O2/c1-6-8(9(11)13-12-6)10(16)14(4-5-15)7-2-3-7/h7,15H,2-5H2,1H3,(H3,11,12,13). The van der Waals surface area contributed by atoms with Crippen LogP contribution in [0.4, 0.5) is 5.82 Å². The van der Waals surface area contributed by atoms with Gasteiger partial charge in [0.05, 0.1) is 6.61 Å². The van der Waals surface area contributed by atoms with Crippen LogP contribution < -0.4 is 5.73 Å². The van der Waals surface area contributed by atoms with E-state index in [9.17, 15) is 4.79 Å². The van der Waals surface area contributed by atoms with E-state index in [2.05, 4.69) is 10.2 Å². The Balaban J connectivity index is 2.22. The van der Waals surface area contributed by atoms with Crippen LogP contribution in [0.15, 0.2) is 0 Å². The van der Waals surface area contributed by atoms with Crippen LogP contribution in [0.2, 0.25) is 0 Å². The summed E-state index contributed by atoms with van der Waals surface area (Å²) in [6.07, 6.45) is 2.01. The molecule has 1 aromatic rings. The molecule has 0 radical (unpaired) electrons. The lowest BCUT2D eigenvalue weighted by atomic mass is 10.2. The van der Waals surface area contributed by atoms with Gasteiger partial charge in [-0.15, -0.1) is 0 Å². The zero-order chi connectivity index (χ0) is 11.7. The second-order valence-corrected chi connectivity index (χ2v) is 4.06. The quantitative estimate of drug-likeness (QED) is 0.665. The van der Waals surface area contributed by atoms with Crippen LogP contribution in [0.5, 0.6) is 0 Å². The normalized spacial score (nSPS) is 15.1. The molecule has 0 saturated heterocycles. The second-order valence-electron chi connectivity index (χ2n) is 4.06. The summed E-state index contributed by atoms with van der Waals surface area (Å²) in [5, 5.41) is 15.4. The highest BCUT2D eigenvalue weighted by Crippen LogP contribution is 2.29. The maximum absolute atomic E-state index is 12.2. The molecule has 6 nitrogen and oxygen atoms in total. The summed E-state index contributed by atoms with van der Waals surface area (Å²) >= 11 is 0. The summed E-state index contributed by atoms with van der Waals surface area (Å²) in [5.74, 6) is 0.0892. The molecule has 16 heavy (non-hydrogen) atoms. The van der Waals surface area contributed by atoms with Gasteiger partial charge in [0.15, 0.2) is 5.82 Å². The third kappa shape index (κ3) is 1.88. The molecular formula is C10H16N4O2. The molecule has 0 aliphatic heterocycles. The van der Waals surface area contributed by atoms with Crippen molar-refractivity contribution in [3.8, 4) is 0 Å². The van der Waals surface area contributed by atoms with Crippen molar-refractivity contribution in [2.45, 2.75) is 25.8 Å². The van der Waals surface area contributed by atoms with Crippen molar-refractivity contribution in [1.29, 1.82) is 0 Å². The molecule has 0 unspecified atom stereocenters. The van der Waals surface area contributed by atoms with Crippen molar-refractivity contribution >= 4 is 11.7 Å². The highest BCUT2D eigenvalue weighted by atomic mass is 16.3. The highest BCUT2D eigenvalue weighted by Gasteiger charge is 2.34. The van der Waals surface area contributed by atoms with Gasteiger partial charge in [-0.2, -0.15) is 5.10 Å². The Morgan fingerprint density at radius 1 is 1.69 bits per heavy atom. The van der Waals surface area contributed by atoms with E-state index in [-0.39, 0.29) is 24.4 Å². The Morgan fingerprint density at radius 3 is 2.81 bits per heavy atom. The first kappa shape index (κ1) is 10.9. The Labute approximate surface area is 93.4 Å². The predicted molar refractivity (Wildman–Crippen MR) is 58.9 cm³/mol. The smallest absolute Gasteiger partial charge is 0.259 e. The summed E-state index contributed by atoms with van der Waals surface area (Å²) in [5.41, 5.74) is 6.75. The van der Waals surface area contributed by atoms with Gasteiger partial charge in [-0.25, -0.2) is 0 Å². The fourth-order valence-electron chi connectivity index (χ4n) is 1.81. The van der Waals surface area contributed by atoms with Gasteiger partial charge < -0.3 is 15.7 Å². The first-order valence-electron chi connectivity index (χ1n) is 5.37. The zero-order valence-corrected chi connectivity index (χ0v) is 9.23. The minimum Gasteiger partial charge on any atom is -0.395 e. The molecule has 1 aliphatic rings. The van der Waals surface area contributed by atoms with Crippen LogP contribution in [-0.4, -0.2) is 45.3 Å². The van der Waals surface area contributed by atoms with E-state index in [1.165, 1.54) is 0 Å². The number of nitrogens with zero attached hydrogens (tertiary/aromatic N) is 2. The number of nitrogen functional groups attached to an aromatic ring is 1. The Kier molecular flexibility index (Phi) is 2.82. The van der Waals surface area contributed by atoms with Gasteiger partial charge in [-0.3, -0.25) is 9.89 Å². The summed E-state index contributed by atoms with van der Waals surface area (Å²) in [6, 6.07) is 0.258. The molecule has 1 saturated carbocycles. The van der Waals surface area contributed by atoms with E-state index in [0.717, 1.165) is 12.8 Å². The number of carbonyl (C=O) groups excluding carboxylic acids is 1. The lowest BCUT2D eigenvalue weighted by Gasteiger charge is -2.21. The number of anilines is 1. The van der Waals surface area contributed by atoms with Crippen molar-refractivity contribution in [3.63, 3.8) is 0 Å². The average molecular weight is 224 g/mol. The van der Waals surface area contributed by atoms with Crippen molar-refractivity contribution in [1.82, 2.24) is 15.1 Å². The van der Waals surface area contributed by atoms with Crippen LogP contribution >= 0.6 is 0 Å². The van der Waals surface area contributed by atoms with Gasteiger partial charge in [0.25, 0.3) is 5.91 Å². The summed E-state index contributed by atoms with van der Waals surface area (Å²) < 4.78 is 0. The molecule has 0 aromatic carbocycles. The van der Waals surface area contributed by atoms with E-state index in [1.807, 2.05) is 0 Å². The third-order valence-electron chi connectivity index (χ3n) is 2.78. The Bertz CT molecular complexity index is 378. The number of carbonyl (C=O) groups is 1. The molecule has 1 aliphatic carbocycles. The molecule has 88 valence electrons. The maximum Gasteiger partial charge on any atom is 0.259 e. The molecule has 1 fully saturated rings. The number of aromatic amines is 1. The van der Waals surface area contributed by atoms with Crippen molar-refractivity contribution in [2.24, 2.45) is 0 Å². The van der Waals surface area contributed by atoms with E-state index in [0.29, 0.717) is 17.8 Å². The van der Waals surface area contributed by atoms with E-state index in [1.54, 1.807) is 11.8 Å².